The Bertz CT molecular complexity index is 444. The Hall–Kier alpha value is -1.56. The highest BCUT2D eigenvalue weighted by Crippen LogP contribution is 2.54. The third kappa shape index (κ3) is 3.37. The van der Waals surface area contributed by atoms with Crippen molar-refractivity contribution in [3.05, 3.63) is 11.7 Å². The molecule has 0 aliphatic heterocycles. The lowest BCUT2D eigenvalue weighted by Crippen LogP contribution is -2.61. The van der Waals surface area contributed by atoms with Crippen molar-refractivity contribution in [2.75, 3.05) is 0 Å². The zero-order valence-electron chi connectivity index (χ0n) is 9.22. The minimum Gasteiger partial charge on any atom is -0.478 e. The number of hydrogen-bond acceptors (Lipinski definition) is 1. The maximum absolute atomic E-state index is 12.8. The third-order valence-corrected chi connectivity index (χ3v) is 2.09. The summed E-state index contributed by atoms with van der Waals surface area (Å²) in [7, 11) is 0. The molecule has 0 heterocycles. The van der Waals surface area contributed by atoms with Crippen molar-refractivity contribution in [3.63, 3.8) is 0 Å². The number of hydrogen-bond donors (Lipinski definition) is 1. The lowest BCUT2D eigenvalue weighted by atomic mass is 9.97. The van der Waals surface area contributed by atoms with Crippen LogP contribution < -0.4 is 0 Å². The maximum Gasteiger partial charge on any atom is 0.460 e. The highest BCUT2D eigenvalue weighted by Gasteiger charge is 2.81. The van der Waals surface area contributed by atoms with Crippen molar-refractivity contribution in [2.45, 2.75) is 30.4 Å². The van der Waals surface area contributed by atoms with Gasteiger partial charge >= 0.3 is 29.9 Å². The molecule has 124 valence electrons. The van der Waals surface area contributed by atoms with Crippen LogP contribution in [0.25, 0.3) is 0 Å². The summed E-state index contributed by atoms with van der Waals surface area (Å²) in [5.41, 5.74) is -2.71. The van der Waals surface area contributed by atoms with E-state index in [9.17, 15) is 53.1 Å². The normalized spacial score (nSPS) is 14.0. The van der Waals surface area contributed by atoms with Crippen LogP contribution in [0.5, 0.6) is 0 Å². The molecule has 1 N–H and O–H groups in total. The van der Waals surface area contributed by atoms with Crippen molar-refractivity contribution < 1.29 is 58.2 Å². The topological polar surface area (TPSA) is 37.3 Å². The number of carbonyl (C=O) groups is 1. The van der Waals surface area contributed by atoms with Crippen molar-refractivity contribution in [3.8, 4) is 0 Å². The first kappa shape index (κ1) is 19.4. The summed E-state index contributed by atoms with van der Waals surface area (Å²) in [4.78, 5) is 10.1. The molecule has 0 aromatic rings. The van der Waals surface area contributed by atoms with Gasteiger partial charge in [-0.1, -0.05) is 0 Å². The number of rotatable bonds is 5. The van der Waals surface area contributed by atoms with Gasteiger partial charge in [0.25, 0.3) is 6.08 Å². The maximum atomic E-state index is 12.8. The van der Waals surface area contributed by atoms with Crippen LogP contribution in [0, 0.1) is 0 Å². The fourth-order valence-corrected chi connectivity index (χ4v) is 0.964. The van der Waals surface area contributed by atoms with Crippen molar-refractivity contribution in [1.82, 2.24) is 0 Å². The van der Waals surface area contributed by atoms with E-state index in [0.29, 0.717) is 0 Å². The van der Waals surface area contributed by atoms with Gasteiger partial charge in [0.05, 0.1) is 6.42 Å². The smallest absolute Gasteiger partial charge is 0.460 e. The summed E-state index contributed by atoms with van der Waals surface area (Å²) in [6.45, 7) is 0. The van der Waals surface area contributed by atoms with Crippen LogP contribution >= 0.6 is 0 Å². The highest BCUT2D eigenvalue weighted by molar-refractivity contribution is 5.86. The van der Waals surface area contributed by atoms with E-state index < -0.39 is 48.0 Å². The number of aliphatic carboxylic acids is 1. The van der Waals surface area contributed by atoms with Gasteiger partial charge in [-0.05, 0) is 0 Å². The molecule has 0 saturated carbocycles. The van der Waals surface area contributed by atoms with Gasteiger partial charge in [-0.15, -0.1) is 0 Å². The molecule has 0 saturated heterocycles. The van der Waals surface area contributed by atoms with Gasteiger partial charge in [0, 0.05) is 0 Å². The van der Waals surface area contributed by atoms with Crippen LogP contribution in [-0.2, 0) is 4.79 Å². The van der Waals surface area contributed by atoms with Crippen LogP contribution in [0.15, 0.2) is 11.7 Å². The summed E-state index contributed by atoms with van der Waals surface area (Å²) >= 11 is 0. The molecule has 0 aliphatic carbocycles. The minimum atomic E-state index is -7.26. The predicted molar refractivity (Wildman–Crippen MR) is 42.4 cm³/mol. The van der Waals surface area contributed by atoms with E-state index in [1.165, 1.54) is 0 Å². The van der Waals surface area contributed by atoms with E-state index in [0.717, 1.165) is 0 Å². The first-order valence-corrected chi connectivity index (χ1v) is 4.46. The lowest BCUT2D eigenvalue weighted by molar-refractivity contribution is -0.395. The van der Waals surface area contributed by atoms with Gasteiger partial charge in [0.2, 0.25) is 0 Å². The largest absolute Gasteiger partial charge is 0.478 e. The number of carboxylic acid groups (broad SMARTS) is 1. The molecule has 0 radical (unpaired) electrons. The van der Waals surface area contributed by atoms with E-state index >= 15 is 0 Å². The molecule has 0 unspecified atom stereocenters. The molecular weight excluding hydrogens is 337 g/mol. The van der Waals surface area contributed by atoms with Gasteiger partial charge in [0.1, 0.15) is 5.57 Å². The summed E-state index contributed by atoms with van der Waals surface area (Å²) < 4.78 is 135. The van der Waals surface area contributed by atoms with Crippen molar-refractivity contribution >= 4 is 5.97 Å². The molecule has 0 atom stereocenters. The Morgan fingerprint density at radius 2 is 1.19 bits per heavy atom. The van der Waals surface area contributed by atoms with Crippen LogP contribution in [0.3, 0.4) is 0 Å². The zero-order valence-corrected chi connectivity index (χ0v) is 9.22. The quantitative estimate of drug-likeness (QED) is 0.605. The summed E-state index contributed by atoms with van der Waals surface area (Å²) in [6, 6.07) is 0. The molecule has 21 heavy (non-hydrogen) atoms. The third-order valence-electron chi connectivity index (χ3n) is 2.09. The first-order valence-electron chi connectivity index (χ1n) is 4.46. The molecule has 0 spiro atoms. The number of alkyl halides is 9. The molecule has 0 rings (SSSR count). The second kappa shape index (κ2) is 5.33. The molecule has 0 aromatic heterocycles. The van der Waals surface area contributed by atoms with Gasteiger partial charge in [0.15, 0.2) is 0 Å². The molecule has 13 heteroatoms. The van der Waals surface area contributed by atoms with Gasteiger partial charge in [-0.3, -0.25) is 0 Å². The van der Waals surface area contributed by atoms with Crippen LogP contribution in [-0.4, -0.2) is 35.0 Å². The Balaban J connectivity index is 5.81. The predicted octanol–water partition coefficient (Wildman–Crippen LogP) is 4.08. The second-order valence-corrected chi connectivity index (χ2v) is 3.57. The van der Waals surface area contributed by atoms with Crippen LogP contribution in [0.1, 0.15) is 6.42 Å². The molecular formula is C8H3F11O2. The standard InChI is InChI=1S/C8H3F11O2/c9-3(10)2(4(20)21)1-5(11,12)6(13,14)7(15,16)8(17,18)19/h1H2,(H,20,21). The monoisotopic (exact) mass is 340 g/mol. The zero-order chi connectivity index (χ0) is 17.4. The Morgan fingerprint density at radius 3 is 1.43 bits per heavy atom. The summed E-state index contributed by atoms with van der Waals surface area (Å²) in [5, 5.41) is 8.01. The lowest BCUT2D eigenvalue weighted by Gasteiger charge is -2.33. The molecule has 0 aliphatic rings. The number of carboxylic acids is 1. The van der Waals surface area contributed by atoms with Crippen molar-refractivity contribution in [1.29, 1.82) is 0 Å². The Labute approximate surface area is 107 Å². The van der Waals surface area contributed by atoms with Gasteiger partial charge in [-0.2, -0.15) is 48.3 Å². The minimum absolute atomic E-state index is 2.71. The SMILES string of the molecule is O=C(O)C(CC(F)(F)C(F)(F)C(F)(F)C(F)(F)F)=C(F)F. The van der Waals surface area contributed by atoms with Crippen LogP contribution in [0.4, 0.5) is 48.3 Å². The number of halogens is 11. The van der Waals surface area contributed by atoms with E-state index in [4.69, 9.17) is 5.11 Å². The fraction of sp³-hybridized carbons (Fsp3) is 0.625. The molecule has 0 bridgehead atoms. The van der Waals surface area contributed by atoms with Gasteiger partial charge in [-0.25, -0.2) is 4.79 Å². The Kier molecular flexibility index (Phi) is 4.93. The highest BCUT2D eigenvalue weighted by atomic mass is 19.4. The summed E-state index contributed by atoms with van der Waals surface area (Å²) in [5.74, 6) is -23.7. The average molecular weight is 340 g/mol. The molecule has 0 fully saturated rings. The van der Waals surface area contributed by atoms with E-state index in [2.05, 4.69) is 0 Å². The molecule has 0 aromatic carbocycles. The first-order chi connectivity index (χ1) is 8.99. The average Bonchev–Trinajstić information content (AvgIpc) is 2.22. The van der Waals surface area contributed by atoms with E-state index in [1.807, 2.05) is 0 Å². The van der Waals surface area contributed by atoms with Crippen LogP contribution in [0.2, 0.25) is 0 Å². The molecule has 0 amide bonds. The van der Waals surface area contributed by atoms with Gasteiger partial charge < -0.3 is 5.11 Å². The molecule has 2 nitrogen and oxygen atoms in total. The van der Waals surface area contributed by atoms with Crippen molar-refractivity contribution in [2.24, 2.45) is 0 Å². The van der Waals surface area contributed by atoms with E-state index in [-0.39, 0.29) is 0 Å². The Morgan fingerprint density at radius 1 is 0.810 bits per heavy atom. The van der Waals surface area contributed by atoms with E-state index in [1.54, 1.807) is 0 Å². The fourth-order valence-electron chi connectivity index (χ4n) is 0.964. The summed E-state index contributed by atoms with van der Waals surface area (Å²) in [6.07, 6.45) is -13.8. The second-order valence-electron chi connectivity index (χ2n) is 3.57.